The maximum Gasteiger partial charge on any atom is 0.207 e. The van der Waals surface area contributed by atoms with Gasteiger partial charge in [0, 0.05) is 0 Å². The Morgan fingerprint density at radius 2 is 1.92 bits per heavy atom. The molecule has 5 heteroatoms. The van der Waals surface area contributed by atoms with Gasteiger partial charge < -0.3 is 4.55 Å². The van der Waals surface area contributed by atoms with Crippen LogP contribution in [0.15, 0.2) is 35.5 Å². The topological polar surface area (TPSA) is 63.1 Å². The first kappa shape index (κ1) is 8.28. The van der Waals surface area contributed by atoms with Crippen molar-refractivity contribution in [2.45, 2.75) is 5.03 Å². The fourth-order valence-electron chi connectivity index (χ4n) is 1.02. The molecule has 0 aliphatic carbocycles. The molecule has 0 bridgehead atoms. The highest BCUT2D eigenvalue weighted by atomic mass is 32.2. The number of hydrogen-bond acceptors (Lipinski definition) is 3. The molecule has 1 aromatic carbocycles. The SMILES string of the molecule is O=S(O)c1cnc2ccccc2n1. The number of para-hydroxylation sites is 2. The van der Waals surface area contributed by atoms with E-state index >= 15 is 0 Å². The predicted molar refractivity (Wildman–Crippen MR) is 48.6 cm³/mol. The zero-order chi connectivity index (χ0) is 9.26. The van der Waals surface area contributed by atoms with Crippen LogP contribution in [0.2, 0.25) is 0 Å². The summed E-state index contributed by atoms with van der Waals surface area (Å²) in [5.41, 5.74) is 1.35. The molecular weight excluding hydrogens is 188 g/mol. The van der Waals surface area contributed by atoms with Gasteiger partial charge in [-0.1, -0.05) is 12.1 Å². The first-order chi connectivity index (χ1) is 6.27. The van der Waals surface area contributed by atoms with Gasteiger partial charge in [0.25, 0.3) is 0 Å². The van der Waals surface area contributed by atoms with Crippen LogP contribution in [-0.4, -0.2) is 18.7 Å². The fourth-order valence-corrected chi connectivity index (χ4v) is 1.34. The lowest BCUT2D eigenvalue weighted by Gasteiger charge is -1.96. The summed E-state index contributed by atoms with van der Waals surface area (Å²) >= 11 is -2.06. The van der Waals surface area contributed by atoms with Gasteiger partial charge in [0.2, 0.25) is 11.1 Å². The van der Waals surface area contributed by atoms with Crippen LogP contribution < -0.4 is 0 Å². The summed E-state index contributed by atoms with van der Waals surface area (Å²) in [7, 11) is 0. The van der Waals surface area contributed by atoms with Gasteiger partial charge in [0.1, 0.15) is 0 Å². The Morgan fingerprint density at radius 3 is 2.62 bits per heavy atom. The van der Waals surface area contributed by atoms with Crippen molar-refractivity contribution < 1.29 is 8.76 Å². The van der Waals surface area contributed by atoms with Gasteiger partial charge >= 0.3 is 0 Å². The van der Waals surface area contributed by atoms with Gasteiger partial charge in [0.05, 0.1) is 17.2 Å². The summed E-state index contributed by atoms with van der Waals surface area (Å²) in [6.07, 6.45) is 1.30. The number of benzene rings is 1. The van der Waals surface area contributed by atoms with E-state index in [0.717, 1.165) is 5.52 Å². The molecule has 0 spiro atoms. The molecule has 66 valence electrons. The smallest absolute Gasteiger partial charge is 0.207 e. The fraction of sp³-hybridized carbons (Fsp3) is 0. The molecule has 1 atom stereocenters. The van der Waals surface area contributed by atoms with Crippen LogP contribution in [-0.2, 0) is 11.1 Å². The van der Waals surface area contributed by atoms with Crippen molar-refractivity contribution in [3.8, 4) is 0 Å². The number of rotatable bonds is 1. The largest absolute Gasteiger partial charge is 0.301 e. The zero-order valence-electron chi connectivity index (χ0n) is 6.54. The summed E-state index contributed by atoms with van der Waals surface area (Å²) in [5.74, 6) is 0. The molecule has 2 rings (SSSR count). The second-order valence-electron chi connectivity index (χ2n) is 2.45. The monoisotopic (exact) mass is 194 g/mol. The summed E-state index contributed by atoms with van der Waals surface area (Å²) in [6, 6.07) is 7.19. The molecule has 1 unspecified atom stereocenters. The molecular formula is C8H6N2O2S. The highest BCUT2D eigenvalue weighted by Gasteiger charge is 2.02. The maximum absolute atomic E-state index is 10.7. The predicted octanol–water partition coefficient (Wildman–Crippen LogP) is 1.21. The summed E-state index contributed by atoms with van der Waals surface area (Å²) in [4.78, 5) is 7.95. The molecule has 2 aromatic rings. The molecule has 0 fully saturated rings. The molecule has 4 nitrogen and oxygen atoms in total. The van der Waals surface area contributed by atoms with E-state index in [0.29, 0.717) is 5.52 Å². The van der Waals surface area contributed by atoms with Crippen LogP contribution in [0.3, 0.4) is 0 Å². The quantitative estimate of drug-likeness (QED) is 0.693. The Morgan fingerprint density at radius 1 is 1.23 bits per heavy atom. The molecule has 0 saturated carbocycles. The molecule has 0 amide bonds. The van der Waals surface area contributed by atoms with E-state index in [1.807, 2.05) is 6.07 Å². The van der Waals surface area contributed by atoms with Crippen molar-refractivity contribution >= 4 is 22.1 Å². The van der Waals surface area contributed by atoms with Crippen molar-refractivity contribution in [1.29, 1.82) is 0 Å². The van der Waals surface area contributed by atoms with Crippen LogP contribution in [0.5, 0.6) is 0 Å². The molecule has 0 aliphatic rings. The second kappa shape index (κ2) is 3.20. The van der Waals surface area contributed by atoms with Gasteiger partial charge in [0.15, 0.2) is 5.03 Å². The van der Waals surface area contributed by atoms with Crippen LogP contribution >= 0.6 is 0 Å². The highest BCUT2D eigenvalue weighted by molar-refractivity contribution is 7.79. The normalized spacial score (nSPS) is 13.0. The Bertz CT molecular complexity index is 472. The third-order valence-corrected chi connectivity index (χ3v) is 2.16. The van der Waals surface area contributed by atoms with Crippen molar-refractivity contribution in [2.75, 3.05) is 0 Å². The maximum atomic E-state index is 10.7. The van der Waals surface area contributed by atoms with E-state index in [-0.39, 0.29) is 5.03 Å². The summed E-state index contributed by atoms with van der Waals surface area (Å²) in [6.45, 7) is 0. The lowest BCUT2D eigenvalue weighted by atomic mass is 10.3. The van der Waals surface area contributed by atoms with Gasteiger partial charge in [-0.15, -0.1) is 0 Å². The Balaban J connectivity index is 2.69. The minimum atomic E-state index is -2.06. The standard InChI is InChI=1S/C8H6N2O2S/c11-13(12)8-5-9-6-3-1-2-4-7(6)10-8/h1-5H,(H,11,12). The lowest BCUT2D eigenvalue weighted by molar-refractivity contribution is 0.560. The summed E-state index contributed by atoms with van der Waals surface area (Å²) < 4.78 is 19.4. The Labute approximate surface area is 76.9 Å². The van der Waals surface area contributed by atoms with Crippen LogP contribution in [0, 0.1) is 0 Å². The number of hydrogen-bond donors (Lipinski definition) is 1. The number of fused-ring (bicyclic) bond motifs is 1. The highest BCUT2D eigenvalue weighted by Crippen LogP contribution is 2.09. The Hall–Kier alpha value is -1.33. The molecule has 1 N–H and O–H groups in total. The average molecular weight is 194 g/mol. The van der Waals surface area contributed by atoms with Crippen molar-refractivity contribution in [1.82, 2.24) is 9.97 Å². The van der Waals surface area contributed by atoms with E-state index in [4.69, 9.17) is 4.55 Å². The molecule has 1 heterocycles. The van der Waals surface area contributed by atoms with E-state index in [1.54, 1.807) is 18.2 Å². The lowest BCUT2D eigenvalue weighted by Crippen LogP contribution is -1.94. The first-order valence-electron chi connectivity index (χ1n) is 3.60. The van der Waals surface area contributed by atoms with E-state index in [2.05, 4.69) is 9.97 Å². The van der Waals surface area contributed by atoms with Crippen LogP contribution in [0.4, 0.5) is 0 Å². The molecule has 13 heavy (non-hydrogen) atoms. The molecule has 0 saturated heterocycles. The van der Waals surface area contributed by atoms with E-state index < -0.39 is 11.1 Å². The average Bonchev–Trinajstić information content (AvgIpc) is 2.17. The first-order valence-corrected chi connectivity index (χ1v) is 4.71. The minimum Gasteiger partial charge on any atom is -0.301 e. The Kier molecular flexibility index (Phi) is 2.03. The van der Waals surface area contributed by atoms with Crippen LogP contribution in [0.25, 0.3) is 11.0 Å². The van der Waals surface area contributed by atoms with Crippen molar-refractivity contribution in [3.63, 3.8) is 0 Å². The molecule has 0 aliphatic heterocycles. The van der Waals surface area contributed by atoms with Crippen molar-refractivity contribution in [3.05, 3.63) is 30.5 Å². The van der Waals surface area contributed by atoms with Gasteiger partial charge in [-0.2, -0.15) is 0 Å². The number of aromatic nitrogens is 2. The van der Waals surface area contributed by atoms with Gasteiger partial charge in [-0.05, 0) is 12.1 Å². The second-order valence-corrected chi connectivity index (χ2v) is 3.36. The third-order valence-electron chi connectivity index (χ3n) is 1.61. The van der Waals surface area contributed by atoms with E-state index in [1.165, 1.54) is 6.20 Å². The molecule has 0 radical (unpaired) electrons. The third kappa shape index (κ3) is 1.56. The summed E-state index contributed by atoms with van der Waals surface area (Å²) in [5, 5.41) is 0.0821. The van der Waals surface area contributed by atoms with E-state index in [9.17, 15) is 4.21 Å². The minimum absolute atomic E-state index is 0.0821. The van der Waals surface area contributed by atoms with Crippen molar-refractivity contribution in [2.24, 2.45) is 0 Å². The number of nitrogens with zero attached hydrogens (tertiary/aromatic N) is 2. The van der Waals surface area contributed by atoms with Gasteiger partial charge in [-0.25, -0.2) is 9.19 Å². The van der Waals surface area contributed by atoms with Crippen LogP contribution in [0.1, 0.15) is 0 Å². The molecule has 1 aromatic heterocycles. The zero-order valence-corrected chi connectivity index (χ0v) is 7.36. The van der Waals surface area contributed by atoms with Gasteiger partial charge in [-0.3, -0.25) is 4.98 Å².